The van der Waals surface area contributed by atoms with Crippen molar-refractivity contribution in [1.82, 2.24) is 29.2 Å². The minimum Gasteiger partial charge on any atom is -0.332 e. The normalized spacial score (nSPS) is 14.2. The first-order chi connectivity index (χ1) is 15.4. The van der Waals surface area contributed by atoms with E-state index in [2.05, 4.69) is 15.1 Å². The maximum Gasteiger partial charge on any atom is 0.433 e. The van der Waals surface area contributed by atoms with Gasteiger partial charge in [0.05, 0.1) is 17.8 Å². The van der Waals surface area contributed by atoms with Crippen LogP contribution in [-0.4, -0.2) is 41.7 Å². The number of pyridine rings is 1. The number of hydrogen-bond donors (Lipinski definition) is 0. The fraction of sp³-hybridized carbons (Fsp3) is 0.316. The Kier molecular flexibility index (Phi) is 5.14. The van der Waals surface area contributed by atoms with Gasteiger partial charge >= 0.3 is 12.4 Å². The molecule has 0 fully saturated rings. The maximum atomic E-state index is 13.5. The highest BCUT2D eigenvalue weighted by Crippen LogP contribution is 2.38. The molecule has 0 N–H and O–H groups in total. The molecule has 0 bridgehead atoms. The number of carbonyl (C=O) groups excluding carboxylic acids is 1. The van der Waals surface area contributed by atoms with Gasteiger partial charge in [-0.05, 0) is 19.1 Å². The van der Waals surface area contributed by atoms with Crippen LogP contribution in [0, 0.1) is 18.3 Å². The van der Waals surface area contributed by atoms with Gasteiger partial charge in [-0.15, -0.1) is 0 Å². The molecule has 14 heteroatoms. The molecule has 0 atom stereocenters. The van der Waals surface area contributed by atoms with E-state index in [9.17, 15) is 36.4 Å². The van der Waals surface area contributed by atoms with E-state index >= 15 is 0 Å². The predicted molar refractivity (Wildman–Crippen MR) is 97.8 cm³/mol. The van der Waals surface area contributed by atoms with E-state index in [1.54, 1.807) is 12.4 Å². The van der Waals surface area contributed by atoms with Crippen molar-refractivity contribution in [3.63, 3.8) is 0 Å². The van der Waals surface area contributed by atoms with Crippen LogP contribution in [0.1, 0.15) is 38.8 Å². The van der Waals surface area contributed by atoms with E-state index in [0.29, 0.717) is 17.1 Å². The summed E-state index contributed by atoms with van der Waals surface area (Å²) in [5.41, 5.74) is -5.07. The number of carbonyl (C=O) groups is 1. The summed E-state index contributed by atoms with van der Waals surface area (Å²) in [5.74, 6) is -1.18. The fourth-order valence-corrected chi connectivity index (χ4v) is 3.49. The van der Waals surface area contributed by atoms with Crippen molar-refractivity contribution in [2.75, 3.05) is 6.54 Å². The van der Waals surface area contributed by atoms with Gasteiger partial charge < -0.3 is 9.47 Å². The number of nitriles is 1. The highest BCUT2D eigenvalue weighted by atomic mass is 19.4. The van der Waals surface area contributed by atoms with E-state index in [1.165, 1.54) is 24.0 Å². The summed E-state index contributed by atoms with van der Waals surface area (Å²) < 4.78 is 82.9. The molecular weight excluding hydrogens is 456 g/mol. The molecule has 4 rings (SSSR count). The van der Waals surface area contributed by atoms with Crippen LogP contribution < -0.4 is 0 Å². The highest BCUT2D eigenvalue weighted by molar-refractivity contribution is 5.93. The lowest BCUT2D eigenvalue weighted by atomic mass is 10.1. The number of aryl methyl sites for hydroxylation is 1. The van der Waals surface area contributed by atoms with Gasteiger partial charge in [0.2, 0.25) is 0 Å². The largest absolute Gasteiger partial charge is 0.433 e. The Bertz CT molecular complexity index is 1280. The molecule has 0 aromatic carbocycles. The smallest absolute Gasteiger partial charge is 0.332 e. The lowest BCUT2D eigenvalue weighted by Crippen LogP contribution is -2.39. The molecule has 0 spiro atoms. The molecule has 0 radical (unpaired) electrons. The number of halogens is 6. The second-order valence-electron chi connectivity index (χ2n) is 7.21. The summed E-state index contributed by atoms with van der Waals surface area (Å²) in [5, 5.41) is 13.3. The monoisotopic (exact) mass is 469 g/mol. The average molecular weight is 469 g/mol. The van der Waals surface area contributed by atoms with Crippen LogP contribution in [-0.2, 0) is 25.4 Å². The molecule has 4 heterocycles. The van der Waals surface area contributed by atoms with Crippen molar-refractivity contribution in [1.29, 1.82) is 5.26 Å². The summed E-state index contributed by atoms with van der Waals surface area (Å²) in [4.78, 5) is 21.9. The number of rotatable bonds is 2. The Balaban J connectivity index is 1.87. The van der Waals surface area contributed by atoms with Crippen LogP contribution in [0.25, 0.3) is 5.82 Å². The first-order valence-corrected chi connectivity index (χ1v) is 9.36. The Morgan fingerprint density at radius 2 is 1.85 bits per heavy atom. The summed E-state index contributed by atoms with van der Waals surface area (Å²) in [6, 6.07) is 2.24. The Hall–Kier alpha value is -3.89. The topological polar surface area (TPSA) is 92.6 Å². The third kappa shape index (κ3) is 4.01. The number of hydrogen-bond acceptors (Lipinski definition) is 5. The van der Waals surface area contributed by atoms with Crippen LogP contribution in [0.3, 0.4) is 0 Å². The third-order valence-corrected chi connectivity index (χ3v) is 4.99. The van der Waals surface area contributed by atoms with E-state index in [1.807, 2.05) is 4.57 Å². The second-order valence-corrected chi connectivity index (χ2v) is 7.21. The van der Waals surface area contributed by atoms with Crippen molar-refractivity contribution in [3.05, 3.63) is 58.6 Å². The lowest BCUT2D eigenvalue weighted by molar-refractivity contribution is -0.145. The van der Waals surface area contributed by atoms with E-state index in [4.69, 9.17) is 0 Å². The van der Waals surface area contributed by atoms with Gasteiger partial charge in [0.25, 0.3) is 5.91 Å². The fourth-order valence-electron chi connectivity index (χ4n) is 3.49. The highest BCUT2D eigenvalue weighted by Gasteiger charge is 2.42. The molecule has 0 saturated heterocycles. The third-order valence-electron chi connectivity index (χ3n) is 4.99. The SMILES string of the molecule is Cc1cc(C(=O)N2CCn3ccnc3C2)n(-c2nc(C(F)(F)F)cc(C(F)(F)F)c2C#N)n1. The Labute approximate surface area is 181 Å². The van der Waals surface area contributed by atoms with Crippen molar-refractivity contribution >= 4 is 5.91 Å². The molecule has 0 saturated carbocycles. The van der Waals surface area contributed by atoms with E-state index < -0.39 is 40.9 Å². The molecule has 1 aliphatic heterocycles. The lowest BCUT2D eigenvalue weighted by Gasteiger charge is -2.27. The molecule has 0 aliphatic carbocycles. The molecule has 0 unspecified atom stereocenters. The summed E-state index contributed by atoms with van der Waals surface area (Å²) in [6.07, 6.45) is -7.25. The zero-order chi connectivity index (χ0) is 24.1. The van der Waals surface area contributed by atoms with Crippen LogP contribution in [0.5, 0.6) is 0 Å². The standard InChI is InChI=1S/C19H13F6N7O/c1-10-6-13(17(33)31-5-4-30-3-2-27-15(30)9-31)32(29-10)16-11(8-26)12(18(20,21)22)7-14(28-16)19(23,24)25/h2-3,6-7H,4-5,9H2,1H3. The summed E-state index contributed by atoms with van der Waals surface area (Å²) in [7, 11) is 0. The number of aromatic nitrogens is 5. The van der Waals surface area contributed by atoms with Gasteiger partial charge in [0, 0.05) is 25.5 Å². The zero-order valence-corrected chi connectivity index (χ0v) is 16.7. The molecule has 3 aromatic heterocycles. The summed E-state index contributed by atoms with van der Waals surface area (Å²) in [6.45, 7) is 2.10. The van der Waals surface area contributed by atoms with E-state index in [0.717, 1.165) is 0 Å². The van der Waals surface area contributed by atoms with Crippen LogP contribution in [0.2, 0.25) is 0 Å². The van der Waals surface area contributed by atoms with Crippen molar-refractivity contribution in [2.45, 2.75) is 32.4 Å². The molecular formula is C19H13F6N7O. The first kappa shape index (κ1) is 22.3. The Morgan fingerprint density at radius 1 is 1.12 bits per heavy atom. The molecule has 8 nitrogen and oxygen atoms in total. The number of imidazole rings is 1. The van der Waals surface area contributed by atoms with Crippen molar-refractivity contribution in [3.8, 4) is 11.9 Å². The minimum atomic E-state index is -5.28. The van der Waals surface area contributed by atoms with Crippen LogP contribution >= 0.6 is 0 Å². The van der Waals surface area contributed by atoms with Gasteiger partial charge in [-0.25, -0.2) is 14.6 Å². The van der Waals surface area contributed by atoms with Gasteiger partial charge in [-0.1, -0.05) is 0 Å². The minimum absolute atomic E-state index is 0.0744. The molecule has 33 heavy (non-hydrogen) atoms. The van der Waals surface area contributed by atoms with Crippen molar-refractivity contribution < 1.29 is 31.1 Å². The average Bonchev–Trinajstić information content (AvgIpc) is 3.36. The van der Waals surface area contributed by atoms with Gasteiger partial charge in [-0.2, -0.15) is 36.7 Å². The summed E-state index contributed by atoms with van der Waals surface area (Å²) >= 11 is 0. The molecule has 3 aromatic rings. The van der Waals surface area contributed by atoms with Crippen molar-refractivity contribution in [2.24, 2.45) is 0 Å². The number of nitrogens with zero attached hydrogens (tertiary/aromatic N) is 7. The number of alkyl halides is 6. The Morgan fingerprint density at radius 3 is 2.48 bits per heavy atom. The van der Waals surface area contributed by atoms with Crippen LogP contribution in [0.15, 0.2) is 24.5 Å². The van der Waals surface area contributed by atoms with E-state index in [-0.39, 0.29) is 30.5 Å². The number of fused-ring (bicyclic) bond motifs is 1. The van der Waals surface area contributed by atoms with Gasteiger partial charge in [-0.3, -0.25) is 4.79 Å². The molecule has 1 amide bonds. The van der Waals surface area contributed by atoms with Gasteiger partial charge in [0.1, 0.15) is 28.8 Å². The number of amides is 1. The molecule has 1 aliphatic rings. The first-order valence-electron chi connectivity index (χ1n) is 9.36. The zero-order valence-electron chi connectivity index (χ0n) is 16.7. The second kappa shape index (κ2) is 7.61. The van der Waals surface area contributed by atoms with Gasteiger partial charge in [0.15, 0.2) is 5.82 Å². The maximum absolute atomic E-state index is 13.5. The predicted octanol–water partition coefficient (Wildman–Crippen LogP) is 3.34. The van der Waals surface area contributed by atoms with Crippen LogP contribution in [0.4, 0.5) is 26.3 Å². The quantitative estimate of drug-likeness (QED) is 0.537. The molecule has 172 valence electrons.